The molecule has 7 heteroatoms. The predicted molar refractivity (Wildman–Crippen MR) is 70.0 cm³/mol. The lowest BCUT2D eigenvalue weighted by Gasteiger charge is -2.10. The SMILES string of the molecule is O=S1(=O)CCCC1CNc1ncc(I)cn1. The molecule has 88 valence electrons. The third kappa shape index (κ3) is 2.82. The predicted octanol–water partition coefficient (Wildman–Crippen LogP) is 1.07. The molecule has 0 bridgehead atoms. The standard InChI is InChI=1S/C9H12IN3O2S/c10-7-4-11-9(12-5-7)13-6-8-2-1-3-16(8,14)15/h4-5,8H,1-3,6H2,(H,11,12,13). The van der Waals surface area contributed by atoms with E-state index < -0.39 is 9.84 Å². The van der Waals surface area contributed by atoms with Gasteiger partial charge in [-0.2, -0.15) is 0 Å². The summed E-state index contributed by atoms with van der Waals surface area (Å²) in [5.74, 6) is 0.801. The topological polar surface area (TPSA) is 72.0 Å². The van der Waals surface area contributed by atoms with Gasteiger partial charge >= 0.3 is 0 Å². The first-order chi connectivity index (χ1) is 7.58. The van der Waals surface area contributed by atoms with Gasteiger partial charge in [-0.3, -0.25) is 0 Å². The van der Waals surface area contributed by atoms with Crippen LogP contribution in [0.3, 0.4) is 0 Å². The molecule has 1 aromatic rings. The summed E-state index contributed by atoms with van der Waals surface area (Å²) in [6.07, 6.45) is 4.89. The Hall–Kier alpha value is -0.440. The van der Waals surface area contributed by atoms with Crippen molar-refractivity contribution in [1.82, 2.24) is 9.97 Å². The first-order valence-electron chi connectivity index (χ1n) is 5.01. The molecular formula is C9H12IN3O2S. The maximum Gasteiger partial charge on any atom is 0.222 e. The number of nitrogens with zero attached hydrogens (tertiary/aromatic N) is 2. The molecule has 1 N–H and O–H groups in total. The van der Waals surface area contributed by atoms with Gasteiger partial charge < -0.3 is 5.32 Å². The van der Waals surface area contributed by atoms with Crippen LogP contribution in [0.25, 0.3) is 0 Å². The fourth-order valence-electron chi connectivity index (χ4n) is 1.70. The monoisotopic (exact) mass is 353 g/mol. The van der Waals surface area contributed by atoms with E-state index in [9.17, 15) is 8.42 Å². The molecule has 0 spiro atoms. The number of halogens is 1. The molecule has 0 aliphatic carbocycles. The minimum absolute atomic E-state index is 0.282. The molecule has 1 saturated heterocycles. The summed E-state index contributed by atoms with van der Waals surface area (Å²) in [7, 11) is -2.88. The Balaban J connectivity index is 1.95. The molecular weight excluding hydrogens is 341 g/mol. The lowest BCUT2D eigenvalue weighted by Crippen LogP contribution is -2.25. The van der Waals surface area contributed by atoms with Crippen molar-refractivity contribution in [3.05, 3.63) is 16.0 Å². The quantitative estimate of drug-likeness (QED) is 0.824. The molecule has 1 fully saturated rings. The maximum absolute atomic E-state index is 11.6. The summed E-state index contributed by atoms with van der Waals surface area (Å²) in [6, 6.07) is 0. The van der Waals surface area contributed by atoms with Crippen LogP contribution in [-0.4, -0.2) is 35.9 Å². The molecule has 2 heterocycles. The second-order valence-electron chi connectivity index (χ2n) is 3.74. The van der Waals surface area contributed by atoms with E-state index in [1.165, 1.54) is 0 Å². The van der Waals surface area contributed by atoms with E-state index in [0.29, 0.717) is 18.2 Å². The number of sulfone groups is 1. The highest BCUT2D eigenvalue weighted by atomic mass is 127. The molecule has 1 unspecified atom stereocenters. The number of anilines is 1. The summed E-state index contributed by atoms with van der Waals surface area (Å²) in [6.45, 7) is 0.406. The summed E-state index contributed by atoms with van der Waals surface area (Å²) in [4.78, 5) is 8.12. The Bertz CT molecular complexity index is 460. The molecule has 0 saturated carbocycles. The van der Waals surface area contributed by atoms with E-state index in [-0.39, 0.29) is 5.25 Å². The smallest absolute Gasteiger partial charge is 0.222 e. The highest BCUT2D eigenvalue weighted by Gasteiger charge is 2.30. The minimum atomic E-state index is -2.88. The summed E-state index contributed by atoms with van der Waals surface area (Å²) < 4.78 is 24.1. The van der Waals surface area contributed by atoms with Crippen LogP contribution in [0, 0.1) is 3.57 Å². The van der Waals surface area contributed by atoms with Gasteiger partial charge in [0.2, 0.25) is 5.95 Å². The van der Waals surface area contributed by atoms with Gasteiger partial charge in [-0.25, -0.2) is 18.4 Å². The van der Waals surface area contributed by atoms with Crippen molar-refractivity contribution in [2.45, 2.75) is 18.1 Å². The molecule has 5 nitrogen and oxygen atoms in total. The number of nitrogens with one attached hydrogen (secondary N) is 1. The second kappa shape index (κ2) is 4.82. The molecule has 2 rings (SSSR count). The van der Waals surface area contributed by atoms with E-state index in [1.807, 2.05) is 0 Å². The van der Waals surface area contributed by atoms with Crippen LogP contribution < -0.4 is 5.32 Å². The van der Waals surface area contributed by atoms with Gasteiger partial charge in [-0.1, -0.05) is 0 Å². The zero-order valence-electron chi connectivity index (χ0n) is 8.56. The van der Waals surface area contributed by atoms with Gasteiger partial charge in [-0.15, -0.1) is 0 Å². The van der Waals surface area contributed by atoms with Crippen molar-refractivity contribution in [2.75, 3.05) is 17.6 Å². The largest absolute Gasteiger partial charge is 0.353 e. The van der Waals surface area contributed by atoms with Gasteiger partial charge in [0, 0.05) is 22.5 Å². The van der Waals surface area contributed by atoms with Gasteiger partial charge in [-0.05, 0) is 35.4 Å². The van der Waals surface area contributed by atoms with E-state index >= 15 is 0 Å². The average molecular weight is 353 g/mol. The summed E-state index contributed by atoms with van der Waals surface area (Å²) in [5.41, 5.74) is 0. The minimum Gasteiger partial charge on any atom is -0.353 e. The van der Waals surface area contributed by atoms with Crippen LogP contribution in [0.4, 0.5) is 5.95 Å². The second-order valence-corrected chi connectivity index (χ2v) is 7.38. The Kier molecular flexibility index (Phi) is 3.63. The Labute approximate surface area is 108 Å². The highest BCUT2D eigenvalue weighted by molar-refractivity contribution is 14.1. The van der Waals surface area contributed by atoms with Crippen LogP contribution in [0.5, 0.6) is 0 Å². The van der Waals surface area contributed by atoms with E-state index in [0.717, 1.165) is 16.4 Å². The molecule has 1 aromatic heterocycles. The lowest BCUT2D eigenvalue weighted by atomic mass is 10.2. The van der Waals surface area contributed by atoms with Gasteiger partial charge in [0.25, 0.3) is 0 Å². The molecule has 1 atom stereocenters. The van der Waals surface area contributed by atoms with Crippen molar-refractivity contribution >= 4 is 38.4 Å². The molecule has 0 amide bonds. The van der Waals surface area contributed by atoms with Gasteiger partial charge in [0.05, 0.1) is 11.0 Å². The van der Waals surface area contributed by atoms with Crippen molar-refractivity contribution in [1.29, 1.82) is 0 Å². The average Bonchev–Trinajstić information content (AvgIpc) is 2.57. The highest BCUT2D eigenvalue weighted by Crippen LogP contribution is 2.19. The summed E-state index contributed by atoms with van der Waals surface area (Å²) >= 11 is 2.12. The fraction of sp³-hybridized carbons (Fsp3) is 0.556. The van der Waals surface area contributed by atoms with Crippen molar-refractivity contribution in [3.63, 3.8) is 0 Å². The molecule has 0 radical (unpaired) electrons. The number of hydrogen-bond donors (Lipinski definition) is 1. The fourth-order valence-corrected chi connectivity index (χ4v) is 3.74. The van der Waals surface area contributed by atoms with Crippen LogP contribution in [0.2, 0.25) is 0 Å². The Morgan fingerprint density at radius 2 is 2.12 bits per heavy atom. The summed E-state index contributed by atoms with van der Waals surface area (Å²) in [5, 5.41) is 2.68. The third-order valence-electron chi connectivity index (χ3n) is 2.57. The van der Waals surface area contributed by atoms with Gasteiger partial charge in [0.1, 0.15) is 0 Å². The zero-order chi connectivity index (χ0) is 11.6. The molecule has 0 aromatic carbocycles. The maximum atomic E-state index is 11.6. The zero-order valence-corrected chi connectivity index (χ0v) is 11.5. The van der Waals surface area contributed by atoms with E-state index in [1.54, 1.807) is 12.4 Å². The number of rotatable bonds is 3. The Morgan fingerprint density at radius 3 is 2.69 bits per heavy atom. The van der Waals surface area contributed by atoms with Crippen LogP contribution in [0.15, 0.2) is 12.4 Å². The van der Waals surface area contributed by atoms with Crippen LogP contribution in [-0.2, 0) is 9.84 Å². The normalized spacial score (nSPS) is 23.2. The van der Waals surface area contributed by atoms with Crippen LogP contribution in [0.1, 0.15) is 12.8 Å². The molecule has 1 aliphatic rings. The number of aromatic nitrogens is 2. The third-order valence-corrected chi connectivity index (χ3v) is 5.40. The first kappa shape index (κ1) is 12.0. The lowest BCUT2D eigenvalue weighted by molar-refractivity contribution is 0.591. The number of hydrogen-bond acceptors (Lipinski definition) is 5. The molecule has 16 heavy (non-hydrogen) atoms. The van der Waals surface area contributed by atoms with Gasteiger partial charge in [0.15, 0.2) is 9.84 Å². The van der Waals surface area contributed by atoms with Crippen molar-refractivity contribution < 1.29 is 8.42 Å². The Morgan fingerprint density at radius 1 is 1.44 bits per heavy atom. The van der Waals surface area contributed by atoms with E-state index in [4.69, 9.17) is 0 Å². The first-order valence-corrected chi connectivity index (χ1v) is 7.80. The molecule has 1 aliphatic heterocycles. The van der Waals surface area contributed by atoms with Crippen LogP contribution >= 0.6 is 22.6 Å². The van der Waals surface area contributed by atoms with Crippen molar-refractivity contribution in [2.24, 2.45) is 0 Å². The van der Waals surface area contributed by atoms with Crippen molar-refractivity contribution in [3.8, 4) is 0 Å². The van der Waals surface area contributed by atoms with E-state index in [2.05, 4.69) is 37.9 Å².